The molecule has 1 amide bonds. The first kappa shape index (κ1) is 21.6. The lowest BCUT2D eigenvalue weighted by atomic mass is 10.1. The van der Waals surface area contributed by atoms with Gasteiger partial charge in [-0.3, -0.25) is 4.79 Å². The monoisotopic (exact) mass is 434 g/mol. The minimum atomic E-state index is -0.319. The van der Waals surface area contributed by atoms with Crippen molar-refractivity contribution in [2.45, 2.75) is 6.92 Å². The first-order valence-electron chi connectivity index (χ1n) is 10.4. The molecule has 0 saturated carbocycles. The van der Waals surface area contributed by atoms with Crippen molar-refractivity contribution >= 4 is 12.1 Å². The SMILES string of the molecule is Cc1ccc(-c2ccccc2)n1-c1ccc(C(=O)N/N=C/c2ccccc2OCC#N)cc1. The Labute approximate surface area is 192 Å². The Kier molecular flexibility index (Phi) is 6.62. The summed E-state index contributed by atoms with van der Waals surface area (Å²) in [5, 5.41) is 12.7. The largest absolute Gasteiger partial charge is 0.478 e. The summed E-state index contributed by atoms with van der Waals surface area (Å²) < 4.78 is 7.52. The van der Waals surface area contributed by atoms with E-state index in [4.69, 9.17) is 10.00 Å². The highest BCUT2D eigenvalue weighted by molar-refractivity contribution is 5.95. The molecular formula is C27H22N4O2. The van der Waals surface area contributed by atoms with Crippen LogP contribution in [0.15, 0.2) is 96.1 Å². The number of carbonyl (C=O) groups is 1. The van der Waals surface area contributed by atoms with Gasteiger partial charge in [-0.2, -0.15) is 10.4 Å². The Morgan fingerprint density at radius 1 is 1.00 bits per heavy atom. The predicted molar refractivity (Wildman–Crippen MR) is 129 cm³/mol. The van der Waals surface area contributed by atoms with E-state index in [9.17, 15) is 4.79 Å². The van der Waals surface area contributed by atoms with Crippen LogP contribution in [-0.4, -0.2) is 23.3 Å². The van der Waals surface area contributed by atoms with Gasteiger partial charge < -0.3 is 9.30 Å². The van der Waals surface area contributed by atoms with Gasteiger partial charge in [-0.15, -0.1) is 0 Å². The first-order valence-corrected chi connectivity index (χ1v) is 10.4. The maximum absolute atomic E-state index is 12.5. The molecule has 0 fully saturated rings. The number of hydrogen-bond acceptors (Lipinski definition) is 4. The Balaban J connectivity index is 1.48. The number of carbonyl (C=O) groups excluding carboxylic acids is 1. The van der Waals surface area contributed by atoms with Crippen LogP contribution in [0.5, 0.6) is 5.75 Å². The highest BCUT2D eigenvalue weighted by atomic mass is 16.5. The molecule has 0 atom stereocenters. The molecule has 6 nitrogen and oxygen atoms in total. The minimum Gasteiger partial charge on any atom is -0.478 e. The van der Waals surface area contributed by atoms with Crippen molar-refractivity contribution in [2.24, 2.45) is 5.10 Å². The third kappa shape index (κ3) is 5.00. The number of para-hydroxylation sites is 1. The molecule has 3 aromatic carbocycles. The number of hydrazone groups is 1. The van der Waals surface area contributed by atoms with Crippen molar-refractivity contribution in [2.75, 3.05) is 6.61 Å². The molecule has 162 valence electrons. The molecule has 1 N–H and O–H groups in total. The van der Waals surface area contributed by atoms with Crippen LogP contribution in [0.3, 0.4) is 0 Å². The topological polar surface area (TPSA) is 79.4 Å². The lowest BCUT2D eigenvalue weighted by molar-refractivity contribution is 0.0955. The Morgan fingerprint density at radius 2 is 1.73 bits per heavy atom. The zero-order valence-electron chi connectivity index (χ0n) is 18.1. The van der Waals surface area contributed by atoms with Crippen LogP contribution in [0.4, 0.5) is 0 Å². The summed E-state index contributed by atoms with van der Waals surface area (Å²) in [7, 11) is 0. The van der Waals surface area contributed by atoms with E-state index >= 15 is 0 Å². The number of hydrogen-bond donors (Lipinski definition) is 1. The summed E-state index contributed by atoms with van der Waals surface area (Å²) in [6.45, 7) is 2.00. The summed E-state index contributed by atoms with van der Waals surface area (Å²) >= 11 is 0. The second kappa shape index (κ2) is 10.1. The second-order valence-electron chi connectivity index (χ2n) is 7.29. The van der Waals surface area contributed by atoms with Gasteiger partial charge in [0.15, 0.2) is 6.61 Å². The standard InChI is InChI=1S/C27H22N4O2/c1-20-11-16-25(21-7-3-2-4-8-21)31(20)24-14-12-22(13-15-24)27(32)30-29-19-23-9-5-6-10-26(23)33-18-17-28/h2-16,19H,18H2,1H3,(H,30,32)/b29-19+. The Morgan fingerprint density at radius 3 is 2.48 bits per heavy atom. The van der Waals surface area contributed by atoms with Gasteiger partial charge >= 0.3 is 0 Å². The van der Waals surface area contributed by atoms with E-state index in [1.54, 1.807) is 30.3 Å². The molecule has 1 heterocycles. The molecule has 0 radical (unpaired) electrons. The average molecular weight is 434 g/mol. The number of aryl methyl sites for hydroxylation is 1. The predicted octanol–water partition coefficient (Wildman–Crippen LogP) is 5.12. The molecule has 1 aromatic heterocycles. The fraction of sp³-hybridized carbons (Fsp3) is 0.0741. The number of nitriles is 1. The molecule has 33 heavy (non-hydrogen) atoms. The van der Waals surface area contributed by atoms with Crippen LogP contribution in [0.25, 0.3) is 16.9 Å². The Hall–Kier alpha value is -4.63. The van der Waals surface area contributed by atoms with Crippen molar-refractivity contribution in [1.29, 1.82) is 5.26 Å². The van der Waals surface area contributed by atoms with Crippen LogP contribution in [0.1, 0.15) is 21.6 Å². The number of nitrogens with one attached hydrogen (secondary N) is 1. The molecule has 4 rings (SSSR count). The van der Waals surface area contributed by atoms with Gasteiger partial charge in [-0.25, -0.2) is 5.43 Å². The second-order valence-corrected chi connectivity index (χ2v) is 7.29. The number of nitrogens with zero attached hydrogens (tertiary/aromatic N) is 3. The van der Waals surface area contributed by atoms with Gasteiger partial charge in [-0.1, -0.05) is 42.5 Å². The van der Waals surface area contributed by atoms with Gasteiger partial charge in [0.05, 0.1) is 11.9 Å². The molecule has 0 aliphatic rings. The zero-order chi connectivity index (χ0) is 23.0. The molecule has 0 aliphatic carbocycles. The summed E-state index contributed by atoms with van der Waals surface area (Å²) in [5.74, 6) is 0.207. The maximum Gasteiger partial charge on any atom is 0.271 e. The average Bonchev–Trinajstić information content (AvgIpc) is 3.25. The number of aromatic nitrogens is 1. The van der Waals surface area contributed by atoms with Crippen molar-refractivity contribution in [3.8, 4) is 28.8 Å². The van der Waals surface area contributed by atoms with Gasteiger partial charge in [-0.05, 0) is 61.0 Å². The van der Waals surface area contributed by atoms with E-state index in [-0.39, 0.29) is 12.5 Å². The summed E-state index contributed by atoms with van der Waals surface area (Å²) in [5.41, 5.74) is 7.99. The fourth-order valence-corrected chi connectivity index (χ4v) is 3.53. The molecule has 0 unspecified atom stereocenters. The minimum absolute atomic E-state index is 0.0591. The van der Waals surface area contributed by atoms with E-state index in [0.29, 0.717) is 16.9 Å². The third-order valence-corrected chi connectivity index (χ3v) is 5.11. The first-order chi connectivity index (χ1) is 16.2. The number of rotatable bonds is 7. The zero-order valence-corrected chi connectivity index (χ0v) is 18.1. The lowest BCUT2D eigenvalue weighted by Gasteiger charge is -2.12. The maximum atomic E-state index is 12.5. The van der Waals surface area contributed by atoms with Crippen LogP contribution >= 0.6 is 0 Å². The van der Waals surface area contributed by atoms with Crippen LogP contribution in [0, 0.1) is 18.3 Å². The molecule has 6 heteroatoms. The number of benzene rings is 3. The molecular weight excluding hydrogens is 412 g/mol. The quantitative estimate of drug-likeness (QED) is 0.324. The van der Waals surface area contributed by atoms with Crippen molar-refractivity contribution < 1.29 is 9.53 Å². The highest BCUT2D eigenvalue weighted by Gasteiger charge is 2.11. The summed E-state index contributed by atoms with van der Waals surface area (Å²) in [6.07, 6.45) is 1.49. The number of ether oxygens (including phenoxy) is 1. The Bertz CT molecular complexity index is 1320. The molecule has 0 bridgehead atoms. The highest BCUT2D eigenvalue weighted by Crippen LogP contribution is 2.26. The number of amides is 1. The van der Waals surface area contributed by atoms with Crippen molar-refractivity contribution in [1.82, 2.24) is 9.99 Å². The normalized spacial score (nSPS) is 10.7. The van der Waals surface area contributed by atoms with Gasteiger partial charge in [0.2, 0.25) is 0 Å². The van der Waals surface area contributed by atoms with Crippen molar-refractivity contribution in [3.63, 3.8) is 0 Å². The van der Waals surface area contributed by atoms with Gasteiger partial charge in [0.1, 0.15) is 11.8 Å². The molecule has 0 saturated heterocycles. The van der Waals surface area contributed by atoms with E-state index in [2.05, 4.69) is 46.3 Å². The van der Waals surface area contributed by atoms with E-state index in [1.807, 2.05) is 42.5 Å². The van der Waals surface area contributed by atoms with Crippen molar-refractivity contribution in [3.05, 3.63) is 108 Å². The van der Waals surface area contributed by atoms with E-state index in [0.717, 1.165) is 22.6 Å². The van der Waals surface area contributed by atoms with Gasteiger partial charge in [0.25, 0.3) is 5.91 Å². The molecule has 0 aliphatic heterocycles. The van der Waals surface area contributed by atoms with Crippen LogP contribution in [-0.2, 0) is 0 Å². The van der Waals surface area contributed by atoms with Crippen LogP contribution < -0.4 is 10.2 Å². The fourth-order valence-electron chi connectivity index (χ4n) is 3.53. The third-order valence-electron chi connectivity index (χ3n) is 5.11. The van der Waals surface area contributed by atoms with Gasteiger partial charge in [0, 0.05) is 22.5 Å². The summed E-state index contributed by atoms with van der Waals surface area (Å²) in [4.78, 5) is 12.5. The smallest absolute Gasteiger partial charge is 0.271 e. The molecule has 0 spiro atoms. The van der Waals surface area contributed by atoms with Crippen LogP contribution in [0.2, 0.25) is 0 Å². The van der Waals surface area contributed by atoms with E-state index < -0.39 is 0 Å². The lowest BCUT2D eigenvalue weighted by Crippen LogP contribution is -2.17. The summed E-state index contributed by atoms with van der Waals surface area (Å²) in [6, 6.07) is 30.9. The van der Waals surface area contributed by atoms with E-state index in [1.165, 1.54) is 6.21 Å². The molecule has 4 aromatic rings.